The van der Waals surface area contributed by atoms with Gasteiger partial charge < -0.3 is 15.7 Å². The minimum atomic E-state index is -0.437. The summed E-state index contributed by atoms with van der Waals surface area (Å²) < 4.78 is 1.46. The SMILES string of the molecule is Cc1nn(C)c(NCCNCC(C)O)c1[N+](=O)[O-]. The molecule has 1 rings (SSSR count). The Morgan fingerprint density at radius 3 is 2.78 bits per heavy atom. The first kappa shape index (κ1) is 14.4. The van der Waals surface area contributed by atoms with Crippen LogP contribution in [-0.4, -0.2) is 45.5 Å². The number of nitrogens with zero attached hydrogens (tertiary/aromatic N) is 3. The van der Waals surface area contributed by atoms with Gasteiger partial charge >= 0.3 is 5.69 Å². The molecule has 0 spiro atoms. The van der Waals surface area contributed by atoms with E-state index in [4.69, 9.17) is 5.11 Å². The average Bonchev–Trinajstić information content (AvgIpc) is 2.52. The van der Waals surface area contributed by atoms with Crippen molar-refractivity contribution in [2.45, 2.75) is 20.0 Å². The third kappa shape index (κ3) is 3.67. The Morgan fingerprint density at radius 1 is 1.56 bits per heavy atom. The second-order valence-electron chi connectivity index (χ2n) is 4.14. The fraction of sp³-hybridized carbons (Fsp3) is 0.700. The summed E-state index contributed by atoms with van der Waals surface area (Å²) in [4.78, 5) is 10.5. The second kappa shape index (κ2) is 6.31. The van der Waals surface area contributed by atoms with Gasteiger partial charge in [-0.3, -0.25) is 10.1 Å². The van der Waals surface area contributed by atoms with Gasteiger partial charge in [-0.2, -0.15) is 5.10 Å². The van der Waals surface area contributed by atoms with Gasteiger partial charge in [0.05, 0.1) is 11.0 Å². The summed E-state index contributed by atoms with van der Waals surface area (Å²) in [6.07, 6.45) is -0.404. The van der Waals surface area contributed by atoms with Crippen LogP contribution in [0.25, 0.3) is 0 Å². The number of aliphatic hydroxyl groups excluding tert-OH is 1. The van der Waals surface area contributed by atoms with Gasteiger partial charge in [0.1, 0.15) is 5.69 Å². The lowest BCUT2D eigenvalue weighted by Gasteiger charge is -2.08. The highest BCUT2D eigenvalue weighted by Gasteiger charge is 2.23. The van der Waals surface area contributed by atoms with E-state index in [0.29, 0.717) is 31.1 Å². The first-order valence-electron chi connectivity index (χ1n) is 5.74. The van der Waals surface area contributed by atoms with Crippen LogP contribution in [0.2, 0.25) is 0 Å². The Kier molecular flexibility index (Phi) is 5.05. The summed E-state index contributed by atoms with van der Waals surface area (Å²) in [7, 11) is 1.66. The summed E-state index contributed by atoms with van der Waals surface area (Å²) in [5, 5.41) is 29.9. The second-order valence-corrected chi connectivity index (χ2v) is 4.14. The molecule has 1 atom stereocenters. The number of aryl methyl sites for hydroxylation is 2. The molecule has 0 aliphatic rings. The normalized spacial score (nSPS) is 12.4. The fourth-order valence-corrected chi connectivity index (χ4v) is 1.64. The first-order chi connectivity index (χ1) is 8.43. The minimum absolute atomic E-state index is 0.00743. The predicted molar refractivity (Wildman–Crippen MR) is 67.6 cm³/mol. The van der Waals surface area contributed by atoms with Crippen LogP contribution in [0.3, 0.4) is 0 Å². The number of hydrogen-bond acceptors (Lipinski definition) is 6. The molecule has 0 radical (unpaired) electrons. The molecule has 0 saturated heterocycles. The Hall–Kier alpha value is -1.67. The highest BCUT2D eigenvalue weighted by atomic mass is 16.6. The van der Waals surface area contributed by atoms with Gasteiger partial charge in [0.25, 0.3) is 0 Å². The quantitative estimate of drug-likeness (QED) is 0.361. The van der Waals surface area contributed by atoms with E-state index >= 15 is 0 Å². The van der Waals surface area contributed by atoms with Crippen LogP contribution in [-0.2, 0) is 7.05 Å². The van der Waals surface area contributed by atoms with E-state index in [-0.39, 0.29) is 5.69 Å². The van der Waals surface area contributed by atoms with E-state index in [0.717, 1.165) is 0 Å². The highest BCUT2D eigenvalue weighted by Crippen LogP contribution is 2.26. The van der Waals surface area contributed by atoms with E-state index in [1.54, 1.807) is 20.9 Å². The third-order valence-corrected chi connectivity index (χ3v) is 2.41. The maximum Gasteiger partial charge on any atom is 0.333 e. The standard InChI is InChI=1S/C10H19N5O3/c1-7(16)6-11-4-5-12-10-9(15(17)18)8(2)13-14(10)3/h7,11-12,16H,4-6H2,1-3H3. The molecule has 0 amide bonds. The largest absolute Gasteiger partial charge is 0.392 e. The molecule has 18 heavy (non-hydrogen) atoms. The van der Waals surface area contributed by atoms with Crippen molar-refractivity contribution in [3.8, 4) is 0 Å². The molecule has 0 bridgehead atoms. The summed E-state index contributed by atoms with van der Waals surface area (Å²) in [6, 6.07) is 0. The van der Waals surface area contributed by atoms with Gasteiger partial charge in [-0.1, -0.05) is 0 Å². The van der Waals surface area contributed by atoms with Crippen molar-refractivity contribution < 1.29 is 10.0 Å². The van der Waals surface area contributed by atoms with Crippen molar-refractivity contribution in [1.82, 2.24) is 15.1 Å². The number of nitro groups is 1. The zero-order valence-electron chi connectivity index (χ0n) is 10.8. The lowest BCUT2D eigenvalue weighted by Crippen LogP contribution is -2.29. The Morgan fingerprint density at radius 2 is 2.22 bits per heavy atom. The molecular weight excluding hydrogens is 238 g/mol. The molecule has 102 valence electrons. The Balaban J connectivity index is 2.54. The first-order valence-corrected chi connectivity index (χ1v) is 5.74. The van der Waals surface area contributed by atoms with E-state index in [9.17, 15) is 10.1 Å². The molecule has 1 aromatic rings. The van der Waals surface area contributed by atoms with Crippen LogP contribution < -0.4 is 10.6 Å². The summed E-state index contributed by atoms with van der Waals surface area (Å²) >= 11 is 0. The Labute approximate surface area is 105 Å². The smallest absolute Gasteiger partial charge is 0.333 e. The van der Waals surface area contributed by atoms with Crippen LogP contribution in [0, 0.1) is 17.0 Å². The molecule has 8 nitrogen and oxygen atoms in total. The lowest BCUT2D eigenvalue weighted by atomic mass is 10.4. The fourth-order valence-electron chi connectivity index (χ4n) is 1.64. The Bertz CT molecular complexity index is 416. The number of hydrogen-bond donors (Lipinski definition) is 3. The number of nitrogens with one attached hydrogen (secondary N) is 2. The van der Waals surface area contributed by atoms with Crippen molar-refractivity contribution in [3.63, 3.8) is 0 Å². The monoisotopic (exact) mass is 257 g/mol. The van der Waals surface area contributed by atoms with Crippen molar-refractivity contribution in [3.05, 3.63) is 15.8 Å². The molecule has 1 unspecified atom stereocenters. The van der Waals surface area contributed by atoms with Crippen LogP contribution >= 0.6 is 0 Å². The van der Waals surface area contributed by atoms with E-state index < -0.39 is 11.0 Å². The van der Waals surface area contributed by atoms with Crippen molar-refractivity contribution in [1.29, 1.82) is 0 Å². The van der Waals surface area contributed by atoms with Gasteiger partial charge in [0, 0.05) is 26.7 Å². The molecule has 0 saturated carbocycles. The molecule has 0 aliphatic heterocycles. The average molecular weight is 257 g/mol. The maximum atomic E-state index is 10.9. The van der Waals surface area contributed by atoms with Crippen molar-refractivity contribution >= 4 is 11.5 Å². The van der Waals surface area contributed by atoms with Crippen LogP contribution in [0.15, 0.2) is 0 Å². The summed E-state index contributed by atoms with van der Waals surface area (Å²) in [5.74, 6) is 0.399. The highest BCUT2D eigenvalue weighted by molar-refractivity contribution is 5.59. The molecule has 0 aromatic carbocycles. The number of aromatic nitrogens is 2. The van der Waals surface area contributed by atoms with Crippen molar-refractivity contribution in [2.24, 2.45) is 7.05 Å². The lowest BCUT2D eigenvalue weighted by molar-refractivity contribution is -0.384. The van der Waals surface area contributed by atoms with Gasteiger partial charge in [0.2, 0.25) is 5.82 Å². The topological polar surface area (TPSA) is 105 Å². The third-order valence-electron chi connectivity index (χ3n) is 2.41. The molecule has 1 aromatic heterocycles. The maximum absolute atomic E-state index is 10.9. The van der Waals surface area contributed by atoms with Gasteiger partial charge in [-0.05, 0) is 13.8 Å². The molecular formula is C10H19N5O3. The minimum Gasteiger partial charge on any atom is -0.392 e. The van der Waals surface area contributed by atoms with Crippen LogP contribution in [0.1, 0.15) is 12.6 Å². The number of rotatable bonds is 7. The number of aliphatic hydroxyl groups is 1. The molecule has 1 heterocycles. The van der Waals surface area contributed by atoms with Crippen molar-refractivity contribution in [2.75, 3.05) is 25.0 Å². The molecule has 3 N–H and O–H groups in total. The summed E-state index contributed by atoms with van der Waals surface area (Å²) in [6.45, 7) is 4.91. The van der Waals surface area contributed by atoms with Gasteiger partial charge in [0.15, 0.2) is 0 Å². The molecule has 0 aliphatic carbocycles. The van der Waals surface area contributed by atoms with E-state index in [1.807, 2.05) is 0 Å². The van der Waals surface area contributed by atoms with E-state index in [1.165, 1.54) is 4.68 Å². The summed E-state index contributed by atoms with van der Waals surface area (Å²) in [5.41, 5.74) is 0.398. The van der Waals surface area contributed by atoms with Gasteiger partial charge in [-0.25, -0.2) is 4.68 Å². The predicted octanol–water partition coefficient (Wildman–Crippen LogP) is 0.0190. The van der Waals surface area contributed by atoms with Gasteiger partial charge in [-0.15, -0.1) is 0 Å². The number of anilines is 1. The van der Waals surface area contributed by atoms with Crippen LogP contribution in [0.5, 0.6) is 0 Å². The zero-order chi connectivity index (χ0) is 13.7. The molecule has 0 fully saturated rings. The zero-order valence-corrected chi connectivity index (χ0v) is 10.8. The van der Waals surface area contributed by atoms with E-state index in [2.05, 4.69) is 15.7 Å². The van der Waals surface area contributed by atoms with Crippen LogP contribution in [0.4, 0.5) is 11.5 Å². The molecule has 8 heteroatoms.